The number of anilines is 2. The summed E-state index contributed by atoms with van der Waals surface area (Å²) in [7, 11) is 0. The number of ether oxygens (including phenoxy) is 1. The SMILES string of the molecule is Cc1ccc(NC(=O)[C@@H]2[C@H]3NC(=S)N(c4cccc(Cl)c4)[C@@]2(C)Oc2ccccc23)c(C)c1. The van der Waals surface area contributed by atoms with Crippen molar-refractivity contribution in [3.8, 4) is 5.75 Å². The fourth-order valence-corrected chi connectivity index (χ4v) is 5.50. The van der Waals surface area contributed by atoms with Gasteiger partial charge in [-0.25, -0.2) is 0 Å². The highest BCUT2D eigenvalue weighted by Gasteiger charge is 2.59. The molecular weight excluding hydrogens is 454 g/mol. The number of halogens is 1. The maximum atomic E-state index is 13.9. The van der Waals surface area contributed by atoms with Crippen LogP contribution in [0.1, 0.15) is 29.7 Å². The Morgan fingerprint density at radius 1 is 1.12 bits per heavy atom. The Balaban J connectivity index is 1.62. The molecule has 3 aromatic carbocycles. The molecule has 0 spiro atoms. The molecule has 0 unspecified atom stereocenters. The predicted octanol–water partition coefficient (Wildman–Crippen LogP) is 5.76. The summed E-state index contributed by atoms with van der Waals surface area (Å²) in [5, 5.41) is 7.60. The lowest BCUT2D eigenvalue weighted by molar-refractivity contribution is -0.130. The van der Waals surface area contributed by atoms with Gasteiger partial charge in [0.2, 0.25) is 5.91 Å². The highest BCUT2D eigenvalue weighted by molar-refractivity contribution is 7.80. The number of para-hydroxylation sites is 1. The van der Waals surface area contributed by atoms with E-state index in [1.807, 2.05) is 80.3 Å². The number of fused-ring (bicyclic) bond motifs is 4. The quantitative estimate of drug-likeness (QED) is 0.470. The van der Waals surface area contributed by atoms with E-state index in [1.54, 1.807) is 6.07 Å². The largest absolute Gasteiger partial charge is 0.467 e. The normalized spacial score (nSPS) is 23.3. The molecule has 3 atom stereocenters. The fourth-order valence-electron chi connectivity index (χ4n) is 4.90. The van der Waals surface area contributed by atoms with Crippen LogP contribution < -0.4 is 20.3 Å². The van der Waals surface area contributed by atoms with Crippen molar-refractivity contribution in [1.82, 2.24) is 5.32 Å². The average molecular weight is 478 g/mol. The molecule has 0 aromatic heterocycles. The number of rotatable bonds is 3. The van der Waals surface area contributed by atoms with Crippen molar-refractivity contribution in [2.45, 2.75) is 32.5 Å². The summed E-state index contributed by atoms with van der Waals surface area (Å²) >= 11 is 12.1. The number of aryl methyl sites for hydroxylation is 2. The molecular formula is C26H24ClN3O2S. The first-order chi connectivity index (χ1) is 15.8. The van der Waals surface area contributed by atoms with Gasteiger partial charge in [0.05, 0.1) is 6.04 Å². The molecule has 2 aliphatic heterocycles. The van der Waals surface area contributed by atoms with Gasteiger partial charge in [-0.1, -0.05) is 53.6 Å². The van der Waals surface area contributed by atoms with E-state index in [2.05, 4.69) is 16.7 Å². The zero-order valence-corrected chi connectivity index (χ0v) is 20.1. The highest BCUT2D eigenvalue weighted by Crippen LogP contribution is 2.49. The summed E-state index contributed by atoms with van der Waals surface area (Å²) in [6.07, 6.45) is 0. The lowest BCUT2D eigenvalue weighted by atomic mass is 9.78. The van der Waals surface area contributed by atoms with E-state index in [0.29, 0.717) is 10.1 Å². The Morgan fingerprint density at radius 3 is 2.67 bits per heavy atom. The lowest BCUT2D eigenvalue weighted by Gasteiger charge is -2.56. The maximum Gasteiger partial charge on any atom is 0.236 e. The summed E-state index contributed by atoms with van der Waals surface area (Å²) in [6.45, 7) is 5.93. The minimum atomic E-state index is -1.07. The first-order valence-corrected chi connectivity index (χ1v) is 11.6. The summed E-state index contributed by atoms with van der Waals surface area (Å²) in [5.74, 6) is -0.0210. The molecule has 5 rings (SSSR count). The molecule has 3 aromatic rings. The standard InChI is InChI=1S/C26H24ClN3O2S/c1-15-11-12-20(16(2)13-15)28-24(31)22-23-19-9-4-5-10-21(19)32-26(22,3)30(25(33)29-23)18-8-6-7-17(27)14-18/h4-14,22-23H,1-3H3,(H,28,31)(H,29,33)/t22-,23-,26-/m0/s1. The average Bonchev–Trinajstić information content (AvgIpc) is 2.75. The summed E-state index contributed by atoms with van der Waals surface area (Å²) in [5.41, 5.74) is 3.51. The Labute approximate surface area is 203 Å². The third-order valence-electron chi connectivity index (χ3n) is 6.40. The molecule has 2 heterocycles. The number of nitrogens with one attached hydrogen (secondary N) is 2. The van der Waals surface area contributed by atoms with Crippen molar-refractivity contribution in [3.63, 3.8) is 0 Å². The molecule has 2 N–H and O–H groups in total. The molecule has 1 fully saturated rings. The van der Waals surface area contributed by atoms with Crippen LogP contribution in [0.25, 0.3) is 0 Å². The van der Waals surface area contributed by atoms with Gasteiger partial charge in [-0.15, -0.1) is 0 Å². The number of carbonyl (C=O) groups excluding carboxylic acids is 1. The van der Waals surface area contributed by atoms with E-state index in [1.165, 1.54) is 0 Å². The van der Waals surface area contributed by atoms with Crippen molar-refractivity contribution in [3.05, 3.63) is 88.4 Å². The van der Waals surface area contributed by atoms with Crippen molar-refractivity contribution in [1.29, 1.82) is 0 Å². The van der Waals surface area contributed by atoms with E-state index in [9.17, 15) is 4.79 Å². The van der Waals surface area contributed by atoms with Crippen LogP contribution in [0.2, 0.25) is 5.02 Å². The van der Waals surface area contributed by atoms with Gasteiger partial charge >= 0.3 is 0 Å². The van der Waals surface area contributed by atoms with E-state index < -0.39 is 11.6 Å². The van der Waals surface area contributed by atoms with Crippen LogP contribution in [0.4, 0.5) is 11.4 Å². The molecule has 1 amide bonds. The minimum absolute atomic E-state index is 0.147. The van der Waals surface area contributed by atoms with Gasteiger partial charge in [-0.05, 0) is 68.9 Å². The Hall–Kier alpha value is -3.09. The first-order valence-electron chi connectivity index (χ1n) is 10.8. The smallest absolute Gasteiger partial charge is 0.236 e. The molecule has 7 heteroatoms. The first kappa shape index (κ1) is 21.7. The second-order valence-electron chi connectivity index (χ2n) is 8.72. The molecule has 5 nitrogen and oxygen atoms in total. The molecule has 2 bridgehead atoms. The summed E-state index contributed by atoms with van der Waals surface area (Å²) in [4.78, 5) is 15.7. The zero-order chi connectivity index (χ0) is 23.3. The number of amides is 1. The van der Waals surface area contributed by atoms with Crippen LogP contribution in [-0.2, 0) is 4.79 Å². The van der Waals surface area contributed by atoms with Gasteiger partial charge in [0, 0.05) is 22.0 Å². The number of benzene rings is 3. The van der Waals surface area contributed by atoms with Crippen molar-refractivity contribution in [2.24, 2.45) is 5.92 Å². The van der Waals surface area contributed by atoms with E-state index in [4.69, 9.17) is 28.6 Å². The van der Waals surface area contributed by atoms with Crippen LogP contribution >= 0.6 is 23.8 Å². The van der Waals surface area contributed by atoms with E-state index in [0.717, 1.165) is 33.8 Å². The van der Waals surface area contributed by atoms with Crippen LogP contribution in [0, 0.1) is 19.8 Å². The van der Waals surface area contributed by atoms with E-state index >= 15 is 0 Å². The van der Waals surface area contributed by atoms with Gasteiger partial charge in [0.25, 0.3) is 0 Å². The predicted molar refractivity (Wildman–Crippen MR) is 136 cm³/mol. The van der Waals surface area contributed by atoms with Crippen LogP contribution in [-0.4, -0.2) is 16.7 Å². The molecule has 1 saturated heterocycles. The van der Waals surface area contributed by atoms with Crippen molar-refractivity contribution in [2.75, 3.05) is 10.2 Å². The fraction of sp³-hybridized carbons (Fsp3) is 0.231. The third-order valence-corrected chi connectivity index (χ3v) is 6.93. The second-order valence-corrected chi connectivity index (χ2v) is 9.55. The van der Waals surface area contributed by atoms with Crippen LogP contribution in [0.15, 0.2) is 66.7 Å². The van der Waals surface area contributed by atoms with Gasteiger partial charge < -0.3 is 15.4 Å². The Kier molecular flexibility index (Phi) is 5.30. The summed E-state index contributed by atoms with van der Waals surface area (Å²) in [6, 6.07) is 20.8. The molecule has 0 radical (unpaired) electrons. The number of carbonyl (C=O) groups is 1. The molecule has 168 valence electrons. The lowest BCUT2D eigenvalue weighted by Crippen LogP contribution is -2.72. The number of thiocarbonyl (C=S) groups is 1. The Bertz CT molecular complexity index is 1280. The Morgan fingerprint density at radius 2 is 1.91 bits per heavy atom. The minimum Gasteiger partial charge on any atom is -0.467 e. The zero-order valence-electron chi connectivity index (χ0n) is 18.6. The molecule has 0 aliphatic carbocycles. The van der Waals surface area contributed by atoms with Gasteiger partial charge in [-0.2, -0.15) is 0 Å². The molecule has 2 aliphatic rings. The van der Waals surface area contributed by atoms with Crippen molar-refractivity contribution < 1.29 is 9.53 Å². The molecule has 0 saturated carbocycles. The topological polar surface area (TPSA) is 53.6 Å². The molecule has 33 heavy (non-hydrogen) atoms. The van der Waals surface area contributed by atoms with Crippen molar-refractivity contribution >= 4 is 46.2 Å². The monoisotopic (exact) mass is 477 g/mol. The van der Waals surface area contributed by atoms with Crippen LogP contribution in [0.5, 0.6) is 5.75 Å². The summed E-state index contributed by atoms with van der Waals surface area (Å²) < 4.78 is 6.58. The third kappa shape index (κ3) is 3.63. The second kappa shape index (κ2) is 8.04. The highest BCUT2D eigenvalue weighted by atomic mass is 35.5. The van der Waals surface area contributed by atoms with Gasteiger partial charge in [-0.3, -0.25) is 9.69 Å². The number of nitrogens with zero attached hydrogens (tertiary/aromatic N) is 1. The van der Waals surface area contributed by atoms with Gasteiger partial charge in [0.15, 0.2) is 10.8 Å². The maximum absolute atomic E-state index is 13.9. The van der Waals surface area contributed by atoms with Crippen LogP contribution in [0.3, 0.4) is 0 Å². The number of hydrogen-bond acceptors (Lipinski definition) is 3. The van der Waals surface area contributed by atoms with E-state index in [-0.39, 0.29) is 11.9 Å². The van der Waals surface area contributed by atoms with Gasteiger partial charge in [0.1, 0.15) is 11.7 Å². The number of hydrogen-bond donors (Lipinski definition) is 2.